The lowest BCUT2D eigenvalue weighted by Gasteiger charge is -2.64. The molecule has 0 spiro atoms. The van der Waals surface area contributed by atoms with E-state index in [0.29, 0.717) is 24.0 Å². The topological polar surface area (TPSA) is 91.0 Å². The van der Waals surface area contributed by atoms with Crippen LogP contribution in [-0.2, 0) is 15.7 Å². The van der Waals surface area contributed by atoms with E-state index in [4.69, 9.17) is 19.8 Å². The molecule has 0 radical (unpaired) electrons. The maximum atomic E-state index is 11.4. The Morgan fingerprint density at radius 1 is 1.41 bits per heavy atom. The van der Waals surface area contributed by atoms with Gasteiger partial charge in [0, 0.05) is 5.94 Å². The van der Waals surface area contributed by atoms with Gasteiger partial charge in [0.1, 0.15) is 11.3 Å². The van der Waals surface area contributed by atoms with Crippen LogP contribution in [0.3, 0.4) is 0 Å². The molecule has 3 aliphatic carbocycles. The summed E-state index contributed by atoms with van der Waals surface area (Å²) in [5.74, 6) is 0.106. The maximum absolute atomic E-state index is 11.4. The number of para-hydroxylation sites is 1. The van der Waals surface area contributed by atoms with Crippen LogP contribution in [0.2, 0.25) is 0 Å². The number of methoxy groups -OCH3 is 1. The van der Waals surface area contributed by atoms with Crippen LogP contribution in [0.4, 0.5) is 0 Å². The van der Waals surface area contributed by atoms with E-state index in [-0.39, 0.29) is 22.7 Å². The molecule has 1 saturated heterocycles. The van der Waals surface area contributed by atoms with Crippen molar-refractivity contribution in [3.8, 4) is 5.75 Å². The fourth-order valence-corrected chi connectivity index (χ4v) is 5.59. The predicted molar refractivity (Wildman–Crippen MR) is 102 cm³/mol. The zero-order chi connectivity index (χ0) is 19.6. The van der Waals surface area contributed by atoms with Gasteiger partial charge in [0.05, 0.1) is 18.8 Å². The molecule has 3 saturated carbocycles. The molecular formula is C20H28BNO5. The molecule has 0 amide bonds. The van der Waals surface area contributed by atoms with Crippen molar-refractivity contribution < 1.29 is 23.9 Å². The van der Waals surface area contributed by atoms with Gasteiger partial charge in [-0.05, 0) is 55.1 Å². The minimum absolute atomic E-state index is 0.0811. The molecule has 3 N–H and O–H groups in total. The van der Waals surface area contributed by atoms with Gasteiger partial charge in [0.2, 0.25) is 0 Å². The summed E-state index contributed by atoms with van der Waals surface area (Å²) < 4.78 is 18.0. The second-order valence-electron chi connectivity index (χ2n) is 9.01. The molecule has 4 fully saturated rings. The molecule has 5 rings (SSSR count). The van der Waals surface area contributed by atoms with Gasteiger partial charge >= 0.3 is 13.1 Å². The van der Waals surface area contributed by atoms with E-state index in [1.807, 2.05) is 6.07 Å². The predicted octanol–water partition coefficient (Wildman–Crippen LogP) is 2.53. The van der Waals surface area contributed by atoms with E-state index < -0.39 is 19.0 Å². The third-order valence-corrected chi connectivity index (χ3v) is 7.31. The minimum Gasteiger partial charge on any atom is -0.496 e. The van der Waals surface area contributed by atoms with Crippen molar-refractivity contribution in [2.45, 2.75) is 57.7 Å². The normalized spacial score (nSPS) is 34.6. The molecule has 2 bridgehead atoms. The molecule has 4 unspecified atom stereocenters. The van der Waals surface area contributed by atoms with Crippen molar-refractivity contribution in [1.29, 1.82) is 0 Å². The Bertz CT molecular complexity index is 769. The van der Waals surface area contributed by atoms with Crippen LogP contribution in [0.15, 0.2) is 18.2 Å². The second-order valence-corrected chi connectivity index (χ2v) is 9.01. The van der Waals surface area contributed by atoms with Gasteiger partial charge in [-0.2, -0.15) is 0 Å². The Morgan fingerprint density at radius 3 is 2.78 bits per heavy atom. The second kappa shape index (κ2) is 6.22. The van der Waals surface area contributed by atoms with Crippen LogP contribution in [0, 0.1) is 17.3 Å². The lowest BCUT2D eigenvalue weighted by Crippen LogP contribution is -2.65. The number of benzene rings is 1. The standard InChI is InChI=1S/C20H28BNO5/c1-19(2)12-9-14(19)20(3)15(10-12)26-21(27-20)16(22)8-11-6-5-7-13(18(23)24)17(11)25-4/h5-7,12,14-16H,8-10,22H2,1-4H3,(H,23,24)/t12?,14?,15?,16-,20?/m0/s1. The number of carbonyl (C=O) groups is 1. The Balaban J connectivity index is 1.52. The summed E-state index contributed by atoms with van der Waals surface area (Å²) in [7, 11) is 0.984. The largest absolute Gasteiger partial charge is 0.496 e. The highest BCUT2D eigenvalue weighted by Crippen LogP contribution is 2.65. The lowest BCUT2D eigenvalue weighted by atomic mass is 9.43. The maximum Gasteiger partial charge on any atom is 0.475 e. The zero-order valence-corrected chi connectivity index (χ0v) is 16.4. The first-order valence-electron chi connectivity index (χ1n) is 9.66. The van der Waals surface area contributed by atoms with Crippen LogP contribution in [0.5, 0.6) is 5.75 Å². The van der Waals surface area contributed by atoms with Crippen molar-refractivity contribution in [1.82, 2.24) is 0 Å². The molecule has 27 heavy (non-hydrogen) atoms. The van der Waals surface area contributed by atoms with Gasteiger partial charge in [0.15, 0.2) is 0 Å². The lowest BCUT2D eigenvalue weighted by molar-refractivity contribution is -0.199. The average molecular weight is 373 g/mol. The van der Waals surface area contributed by atoms with E-state index in [2.05, 4.69) is 20.8 Å². The smallest absolute Gasteiger partial charge is 0.475 e. The van der Waals surface area contributed by atoms with E-state index in [1.165, 1.54) is 19.6 Å². The van der Waals surface area contributed by atoms with Gasteiger partial charge in [-0.1, -0.05) is 26.0 Å². The van der Waals surface area contributed by atoms with Crippen molar-refractivity contribution in [2.75, 3.05) is 7.11 Å². The number of nitrogens with two attached hydrogens (primary N) is 1. The summed E-state index contributed by atoms with van der Waals surface area (Å²) in [6, 6.07) is 5.08. The van der Waals surface area contributed by atoms with Crippen molar-refractivity contribution in [3.63, 3.8) is 0 Å². The fraction of sp³-hybridized carbons (Fsp3) is 0.650. The number of hydrogen-bond donors (Lipinski definition) is 2. The first kappa shape index (κ1) is 18.8. The Hall–Kier alpha value is -1.57. The average Bonchev–Trinajstić information content (AvgIpc) is 2.98. The van der Waals surface area contributed by atoms with E-state index >= 15 is 0 Å². The van der Waals surface area contributed by atoms with Crippen LogP contribution in [-0.4, -0.2) is 43.0 Å². The van der Waals surface area contributed by atoms with E-state index in [0.717, 1.165) is 12.0 Å². The van der Waals surface area contributed by atoms with Crippen molar-refractivity contribution in [2.24, 2.45) is 23.0 Å². The minimum atomic E-state index is -1.02. The molecule has 7 heteroatoms. The molecule has 1 aromatic carbocycles. The first-order chi connectivity index (χ1) is 12.7. The summed E-state index contributed by atoms with van der Waals surface area (Å²) >= 11 is 0. The number of hydrogen-bond acceptors (Lipinski definition) is 5. The summed E-state index contributed by atoms with van der Waals surface area (Å²) in [5, 5.41) is 9.36. The summed E-state index contributed by atoms with van der Waals surface area (Å²) in [5.41, 5.74) is 7.32. The van der Waals surface area contributed by atoms with Gasteiger partial charge in [-0.15, -0.1) is 0 Å². The van der Waals surface area contributed by atoms with Crippen molar-refractivity contribution in [3.05, 3.63) is 29.3 Å². The number of ether oxygens (including phenoxy) is 1. The van der Waals surface area contributed by atoms with Crippen LogP contribution < -0.4 is 10.5 Å². The molecule has 0 aromatic heterocycles. The molecule has 4 aliphatic rings. The highest BCUT2D eigenvalue weighted by molar-refractivity contribution is 6.47. The summed E-state index contributed by atoms with van der Waals surface area (Å²) in [4.78, 5) is 11.4. The van der Waals surface area contributed by atoms with E-state index in [9.17, 15) is 9.90 Å². The van der Waals surface area contributed by atoms with Crippen LogP contribution in [0.25, 0.3) is 0 Å². The Kier molecular flexibility index (Phi) is 4.33. The summed E-state index contributed by atoms with van der Waals surface area (Å²) in [6.45, 7) is 6.82. The number of rotatable bonds is 5. The fourth-order valence-electron chi connectivity index (χ4n) is 5.59. The highest BCUT2D eigenvalue weighted by atomic mass is 16.7. The number of carboxylic acids is 1. The quantitative estimate of drug-likeness (QED) is 0.771. The molecule has 1 heterocycles. The molecule has 1 aromatic rings. The zero-order valence-electron chi connectivity index (χ0n) is 16.4. The Morgan fingerprint density at radius 2 is 2.15 bits per heavy atom. The number of aromatic carboxylic acids is 1. The van der Waals surface area contributed by atoms with Gasteiger partial charge in [-0.25, -0.2) is 4.79 Å². The Labute approximate surface area is 160 Å². The third-order valence-electron chi connectivity index (χ3n) is 7.31. The third kappa shape index (κ3) is 2.70. The van der Waals surface area contributed by atoms with Gasteiger partial charge in [-0.3, -0.25) is 0 Å². The monoisotopic (exact) mass is 373 g/mol. The molecular weight excluding hydrogens is 345 g/mol. The molecule has 1 aliphatic heterocycles. The molecule has 6 nitrogen and oxygen atoms in total. The van der Waals surface area contributed by atoms with Gasteiger partial charge in [0.25, 0.3) is 0 Å². The molecule has 5 atom stereocenters. The number of carboxylic acid groups (broad SMARTS) is 1. The van der Waals surface area contributed by atoms with Gasteiger partial charge < -0.3 is 24.9 Å². The first-order valence-corrected chi connectivity index (χ1v) is 9.66. The van der Waals surface area contributed by atoms with Crippen LogP contribution >= 0.6 is 0 Å². The van der Waals surface area contributed by atoms with Crippen LogP contribution in [0.1, 0.15) is 49.5 Å². The summed E-state index contributed by atoms with van der Waals surface area (Å²) in [6.07, 6.45) is 2.72. The highest BCUT2D eigenvalue weighted by Gasteiger charge is 2.68. The van der Waals surface area contributed by atoms with Crippen molar-refractivity contribution >= 4 is 13.1 Å². The SMILES string of the molecule is COc1c(C[C@H](N)B2OC3CC4CC(C4(C)C)C3(C)O2)cccc1C(=O)O. The molecule has 146 valence electrons. The van der Waals surface area contributed by atoms with E-state index in [1.54, 1.807) is 6.07 Å².